The van der Waals surface area contributed by atoms with Crippen LogP contribution in [0, 0.1) is 10.1 Å². The third kappa shape index (κ3) is 3.43. The van der Waals surface area contributed by atoms with E-state index in [1.807, 2.05) is 24.3 Å². The number of aromatic nitrogens is 1. The zero-order chi connectivity index (χ0) is 19.7. The van der Waals surface area contributed by atoms with Gasteiger partial charge in [-0.3, -0.25) is 14.9 Å². The largest absolute Gasteiger partial charge is 0.436 e. The molecule has 1 heterocycles. The highest BCUT2D eigenvalue weighted by molar-refractivity contribution is 6.31. The summed E-state index contributed by atoms with van der Waals surface area (Å²) in [6, 6.07) is 18.1. The Morgan fingerprint density at radius 3 is 2.54 bits per heavy atom. The number of carbonyl (C=O) groups is 1. The maximum atomic E-state index is 12.5. The molecule has 0 aliphatic carbocycles. The zero-order valence-electron chi connectivity index (χ0n) is 14.3. The molecule has 3 aromatic carbocycles. The van der Waals surface area contributed by atoms with E-state index in [2.05, 4.69) is 10.3 Å². The molecule has 0 fully saturated rings. The van der Waals surface area contributed by atoms with Gasteiger partial charge in [-0.15, -0.1) is 0 Å². The summed E-state index contributed by atoms with van der Waals surface area (Å²) in [5, 5.41) is 14.0. The number of hydrogen-bond acceptors (Lipinski definition) is 5. The number of nitro benzene ring substituents is 1. The summed E-state index contributed by atoms with van der Waals surface area (Å²) < 4.78 is 5.71. The van der Waals surface area contributed by atoms with Gasteiger partial charge in [0.2, 0.25) is 5.89 Å². The molecule has 0 atom stereocenters. The molecule has 0 bridgehead atoms. The van der Waals surface area contributed by atoms with Crippen LogP contribution < -0.4 is 5.32 Å². The summed E-state index contributed by atoms with van der Waals surface area (Å²) in [4.78, 5) is 27.4. The zero-order valence-corrected chi connectivity index (χ0v) is 15.0. The van der Waals surface area contributed by atoms with Gasteiger partial charge >= 0.3 is 0 Å². The van der Waals surface area contributed by atoms with Gasteiger partial charge in [-0.1, -0.05) is 23.7 Å². The number of nitrogens with one attached hydrogen (secondary N) is 1. The Kier molecular flexibility index (Phi) is 4.50. The Balaban J connectivity index is 1.57. The molecule has 4 rings (SSSR count). The fourth-order valence-electron chi connectivity index (χ4n) is 2.74. The number of hydrogen-bond donors (Lipinski definition) is 1. The van der Waals surface area contributed by atoms with Crippen molar-refractivity contribution in [1.82, 2.24) is 4.98 Å². The van der Waals surface area contributed by atoms with Gasteiger partial charge in [0.05, 0.1) is 4.92 Å². The number of halogens is 1. The normalized spacial score (nSPS) is 10.8. The Hall–Kier alpha value is -3.71. The molecular weight excluding hydrogens is 382 g/mol. The molecule has 0 saturated heterocycles. The van der Waals surface area contributed by atoms with Crippen molar-refractivity contribution < 1.29 is 14.1 Å². The minimum atomic E-state index is -0.623. The molecule has 1 N–H and O–H groups in total. The average molecular weight is 394 g/mol. The van der Waals surface area contributed by atoms with Crippen LogP contribution in [0.25, 0.3) is 22.6 Å². The van der Waals surface area contributed by atoms with E-state index in [4.69, 9.17) is 16.0 Å². The molecule has 0 spiro atoms. The van der Waals surface area contributed by atoms with Crippen LogP contribution in [0.2, 0.25) is 5.02 Å². The Labute approximate surface area is 163 Å². The van der Waals surface area contributed by atoms with Crippen LogP contribution in [0.1, 0.15) is 10.4 Å². The van der Waals surface area contributed by atoms with Crippen molar-refractivity contribution in [2.75, 3.05) is 5.32 Å². The average Bonchev–Trinajstić information content (AvgIpc) is 3.12. The van der Waals surface area contributed by atoms with Crippen molar-refractivity contribution in [1.29, 1.82) is 0 Å². The number of carbonyl (C=O) groups excluding carboxylic acids is 1. The lowest BCUT2D eigenvalue weighted by Crippen LogP contribution is -2.14. The number of para-hydroxylation sites is 2. The SMILES string of the molecule is O=C(Nc1ccc(-c2nc3ccccc3o2)cc1)c1cc(Cl)ccc1[N+](=O)[O-]. The van der Waals surface area contributed by atoms with Crippen LogP contribution in [0.5, 0.6) is 0 Å². The van der Waals surface area contributed by atoms with Gasteiger partial charge in [-0.2, -0.15) is 0 Å². The Bertz CT molecular complexity index is 1170. The molecule has 1 aromatic heterocycles. The maximum absolute atomic E-state index is 12.5. The van der Waals surface area contributed by atoms with E-state index >= 15 is 0 Å². The van der Waals surface area contributed by atoms with Gasteiger partial charge in [0.15, 0.2) is 5.58 Å². The summed E-state index contributed by atoms with van der Waals surface area (Å²) in [5.41, 5.74) is 2.22. The third-order valence-electron chi connectivity index (χ3n) is 4.08. The van der Waals surface area contributed by atoms with Gasteiger partial charge < -0.3 is 9.73 Å². The summed E-state index contributed by atoms with van der Waals surface area (Å²) in [6.07, 6.45) is 0. The smallest absolute Gasteiger partial charge is 0.282 e. The van der Waals surface area contributed by atoms with Gasteiger partial charge in [-0.25, -0.2) is 4.98 Å². The molecule has 7 nitrogen and oxygen atoms in total. The highest BCUT2D eigenvalue weighted by Crippen LogP contribution is 2.27. The lowest BCUT2D eigenvalue weighted by atomic mass is 10.1. The van der Waals surface area contributed by atoms with Crippen molar-refractivity contribution in [3.8, 4) is 11.5 Å². The van der Waals surface area contributed by atoms with Crippen molar-refractivity contribution in [2.24, 2.45) is 0 Å². The van der Waals surface area contributed by atoms with E-state index < -0.39 is 10.8 Å². The monoisotopic (exact) mass is 393 g/mol. The quantitative estimate of drug-likeness (QED) is 0.374. The topological polar surface area (TPSA) is 98.3 Å². The summed E-state index contributed by atoms with van der Waals surface area (Å²) in [6.45, 7) is 0. The number of nitro groups is 1. The van der Waals surface area contributed by atoms with Crippen molar-refractivity contribution in [3.05, 3.63) is 87.4 Å². The van der Waals surface area contributed by atoms with Crippen molar-refractivity contribution in [2.45, 2.75) is 0 Å². The lowest BCUT2D eigenvalue weighted by molar-refractivity contribution is -0.385. The van der Waals surface area contributed by atoms with Gasteiger partial charge in [-0.05, 0) is 48.5 Å². The molecule has 1 amide bonds. The highest BCUT2D eigenvalue weighted by Gasteiger charge is 2.20. The van der Waals surface area contributed by atoms with Crippen LogP contribution in [0.3, 0.4) is 0 Å². The molecule has 0 aliphatic rings. The number of rotatable bonds is 4. The molecular formula is C20H12ClN3O4. The van der Waals surface area contributed by atoms with Crippen LogP contribution in [-0.4, -0.2) is 15.8 Å². The first-order valence-corrected chi connectivity index (χ1v) is 8.60. The number of anilines is 1. The fraction of sp³-hybridized carbons (Fsp3) is 0. The second kappa shape index (κ2) is 7.13. The Morgan fingerprint density at radius 1 is 1.07 bits per heavy atom. The standard InChI is InChI=1S/C20H12ClN3O4/c21-13-7-10-17(24(26)27)15(11-13)19(25)22-14-8-5-12(6-9-14)20-23-16-3-1-2-4-18(16)28-20/h1-11H,(H,22,25). The summed E-state index contributed by atoms with van der Waals surface area (Å²) in [5.74, 6) is -0.159. The first-order chi connectivity index (χ1) is 13.5. The van der Waals surface area contributed by atoms with E-state index in [-0.39, 0.29) is 16.3 Å². The van der Waals surface area contributed by atoms with E-state index in [1.54, 1.807) is 24.3 Å². The van der Waals surface area contributed by atoms with Crippen LogP contribution in [-0.2, 0) is 0 Å². The highest BCUT2D eigenvalue weighted by atomic mass is 35.5. The molecule has 0 saturated carbocycles. The third-order valence-corrected chi connectivity index (χ3v) is 4.32. The van der Waals surface area contributed by atoms with E-state index in [0.717, 1.165) is 11.1 Å². The van der Waals surface area contributed by atoms with E-state index in [1.165, 1.54) is 18.2 Å². The maximum Gasteiger partial charge on any atom is 0.282 e. The molecule has 4 aromatic rings. The minimum Gasteiger partial charge on any atom is -0.436 e. The number of amides is 1. The van der Waals surface area contributed by atoms with Crippen molar-refractivity contribution >= 4 is 40.0 Å². The number of benzene rings is 3. The van der Waals surface area contributed by atoms with Crippen molar-refractivity contribution in [3.63, 3.8) is 0 Å². The van der Waals surface area contributed by atoms with Gasteiger partial charge in [0.25, 0.3) is 11.6 Å². The van der Waals surface area contributed by atoms with Crippen LogP contribution in [0.4, 0.5) is 11.4 Å². The Morgan fingerprint density at radius 2 is 1.82 bits per heavy atom. The summed E-state index contributed by atoms with van der Waals surface area (Å²) >= 11 is 5.87. The first kappa shape index (κ1) is 17.7. The van der Waals surface area contributed by atoms with Gasteiger partial charge in [0, 0.05) is 22.3 Å². The predicted molar refractivity (Wildman–Crippen MR) is 106 cm³/mol. The second-order valence-corrected chi connectivity index (χ2v) is 6.37. The second-order valence-electron chi connectivity index (χ2n) is 5.94. The molecule has 0 unspecified atom stereocenters. The predicted octanol–water partition coefficient (Wildman–Crippen LogP) is 5.31. The fourth-order valence-corrected chi connectivity index (χ4v) is 2.91. The van der Waals surface area contributed by atoms with Crippen LogP contribution in [0.15, 0.2) is 71.1 Å². The minimum absolute atomic E-state index is 0.111. The summed E-state index contributed by atoms with van der Waals surface area (Å²) in [7, 11) is 0. The van der Waals surface area contributed by atoms with Gasteiger partial charge in [0.1, 0.15) is 11.1 Å². The molecule has 8 heteroatoms. The van der Waals surface area contributed by atoms with E-state index in [9.17, 15) is 14.9 Å². The number of nitrogens with zero attached hydrogens (tertiary/aromatic N) is 2. The number of oxazole rings is 1. The molecule has 28 heavy (non-hydrogen) atoms. The van der Waals surface area contributed by atoms with E-state index in [0.29, 0.717) is 17.2 Å². The number of fused-ring (bicyclic) bond motifs is 1. The molecule has 0 radical (unpaired) electrons. The molecule has 0 aliphatic heterocycles. The molecule has 138 valence electrons. The first-order valence-electron chi connectivity index (χ1n) is 8.22. The van der Waals surface area contributed by atoms with Crippen LogP contribution >= 0.6 is 11.6 Å². The lowest BCUT2D eigenvalue weighted by Gasteiger charge is -2.07.